The average molecular weight is 151 g/mol. The van der Waals surface area contributed by atoms with Crippen LogP contribution in [0, 0.1) is 12.8 Å². The number of allylic oxidation sites excluding steroid dienone is 3. The zero-order valence-electron chi connectivity index (χ0n) is 7.98. The molecule has 0 bridgehead atoms. The lowest BCUT2D eigenvalue weighted by Gasteiger charge is -2.05. The second kappa shape index (κ2) is 5.17. The zero-order valence-corrected chi connectivity index (χ0v) is 7.98. The molecule has 0 aliphatic carbocycles. The predicted octanol–water partition coefficient (Wildman–Crippen LogP) is 3.76. The van der Waals surface area contributed by atoms with E-state index in [-0.39, 0.29) is 0 Å². The van der Waals surface area contributed by atoms with Crippen LogP contribution in [0.15, 0.2) is 23.8 Å². The first-order valence-electron chi connectivity index (χ1n) is 4.23. The van der Waals surface area contributed by atoms with Crippen molar-refractivity contribution in [2.24, 2.45) is 5.92 Å². The summed E-state index contributed by atoms with van der Waals surface area (Å²) in [5, 5.41) is 0. The average Bonchev–Trinajstić information content (AvgIpc) is 1.87. The quantitative estimate of drug-likeness (QED) is 0.537. The number of hydrogen-bond acceptors (Lipinski definition) is 0. The molecule has 1 radical (unpaired) electrons. The lowest BCUT2D eigenvalue weighted by Crippen LogP contribution is -1.89. The van der Waals surface area contributed by atoms with Crippen LogP contribution in [0.5, 0.6) is 0 Å². The molecule has 0 aromatic rings. The van der Waals surface area contributed by atoms with E-state index in [9.17, 15) is 0 Å². The van der Waals surface area contributed by atoms with Crippen molar-refractivity contribution in [2.45, 2.75) is 33.6 Å². The third kappa shape index (κ3) is 4.83. The molecule has 0 aliphatic heterocycles. The van der Waals surface area contributed by atoms with Crippen molar-refractivity contribution in [3.05, 3.63) is 30.7 Å². The first-order valence-corrected chi connectivity index (χ1v) is 4.23. The second-order valence-electron chi connectivity index (χ2n) is 3.32. The Labute approximate surface area is 71.0 Å². The van der Waals surface area contributed by atoms with Crippen molar-refractivity contribution >= 4 is 0 Å². The molecule has 63 valence electrons. The van der Waals surface area contributed by atoms with E-state index in [1.54, 1.807) is 0 Å². The molecule has 0 amide bonds. The zero-order chi connectivity index (χ0) is 8.85. The van der Waals surface area contributed by atoms with E-state index in [1.807, 2.05) is 0 Å². The van der Waals surface area contributed by atoms with E-state index in [1.165, 1.54) is 11.1 Å². The maximum absolute atomic E-state index is 3.98. The second-order valence-corrected chi connectivity index (χ2v) is 3.32. The fourth-order valence-corrected chi connectivity index (χ4v) is 0.834. The summed E-state index contributed by atoms with van der Waals surface area (Å²) >= 11 is 0. The van der Waals surface area contributed by atoms with Crippen molar-refractivity contribution in [1.82, 2.24) is 0 Å². The molecule has 0 unspecified atom stereocenters. The Kier molecular flexibility index (Phi) is 4.93. The highest BCUT2D eigenvalue weighted by molar-refractivity contribution is 5.21. The SMILES string of the molecule is [CH2]CCC(C)=CC(=C)C(C)C. The highest BCUT2D eigenvalue weighted by atomic mass is 14.0. The van der Waals surface area contributed by atoms with E-state index in [0.717, 1.165) is 12.8 Å². The van der Waals surface area contributed by atoms with Crippen LogP contribution < -0.4 is 0 Å². The molecule has 0 atom stereocenters. The molecule has 0 rings (SSSR count). The van der Waals surface area contributed by atoms with Gasteiger partial charge in [0.15, 0.2) is 0 Å². The topological polar surface area (TPSA) is 0 Å². The van der Waals surface area contributed by atoms with E-state index < -0.39 is 0 Å². The molecular weight excluding hydrogens is 132 g/mol. The maximum atomic E-state index is 3.98. The Bertz CT molecular complexity index is 149. The molecule has 0 fully saturated rings. The predicted molar refractivity (Wildman–Crippen MR) is 52.3 cm³/mol. The smallest absolute Gasteiger partial charge is 0.0225 e. The Morgan fingerprint density at radius 3 is 2.36 bits per heavy atom. The minimum atomic E-state index is 0.565. The Hall–Kier alpha value is -0.520. The van der Waals surface area contributed by atoms with Crippen molar-refractivity contribution in [2.75, 3.05) is 0 Å². The summed E-state index contributed by atoms with van der Waals surface area (Å²) in [6.45, 7) is 14.3. The molecule has 0 aromatic heterocycles. The summed E-state index contributed by atoms with van der Waals surface area (Å²) in [7, 11) is 0. The van der Waals surface area contributed by atoms with Gasteiger partial charge in [-0.05, 0) is 25.7 Å². The lowest BCUT2D eigenvalue weighted by atomic mass is 10.0. The monoisotopic (exact) mass is 151 g/mol. The van der Waals surface area contributed by atoms with E-state index in [2.05, 4.69) is 40.3 Å². The van der Waals surface area contributed by atoms with Gasteiger partial charge in [0.1, 0.15) is 0 Å². The fourth-order valence-electron chi connectivity index (χ4n) is 0.834. The van der Waals surface area contributed by atoms with Gasteiger partial charge in [-0.1, -0.05) is 44.6 Å². The van der Waals surface area contributed by atoms with Crippen LogP contribution in [0.1, 0.15) is 33.6 Å². The van der Waals surface area contributed by atoms with E-state index >= 15 is 0 Å². The molecule has 0 aliphatic rings. The van der Waals surface area contributed by atoms with Crippen molar-refractivity contribution in [3.8, 4) is 0 Å². The third-order valence-electron chi connectivity index (χ3n) is 1.74. The Balaban J connectivity index is 3.97. The largest absolute Gasteiger partial charge is 0.0956 e. The first kappa shape index (κ1) is 10.5. The minimum Gasteiger partial charge on any atom is -0.0956 e. The van der Waals surface area contributed by atoms with Gasteiger partial charge in [0.25, 0.3) is 0 Å². The molecule has 11 heavy (non-hydrogen) atoms. The Morgan fingerprint density at radius 2 is 2.00 bits per heavy atom. The molecule has 0 N–H and O–H groups in total. The van der Waals surface area contributed by atoms with Crippen LogP contribution >= 0.6 is 0 Å². The van der Waals surface area contributed by atoms with Crippen molar-refractivity contribution in [1.29, 1.82) is 0 Å². The van der Waals surface area contributed by atoms with Gasteiger partial charge in [0.2, 0.25) is 0 Å². The maximum Gasteiger partial charge on any atom is -0.0225 e. The van der Waals surface area contributed by atoms with E-state index in [4.69, 9.17) is 0 Å². The van der Waals surface area contributed by atoms with Crippen molar-refractivity contribution < 1.29 is 0 Å². The fraction of sp³-hybridized carbons (Fsp3) is 0.545. The van der Waals surface area contributed by atoms with Gasteiger partial charge in [-0.3, -0.25) is 0 Å². The molecule has 0 nitrogen and oxygen atoms in total. The first-order chi connectivity index (χ1) is 5.07. The molecular formula is C11H19. The summed E-state index contributed by atoms with van der Waals surface area (Å²) in [5.74, 6) is 0.565. The summed E-state index contributed by atoms with van der Waals surface area (Å²) in [6, 6.07) is 0. The van der Waals surface area contributed by atoms with Gasteiger partial charge in [-0.15, -0.1) is 0 Å². The number of rotatable bonds is 4. The summed E-state index contributed by atoms with van der Waals surface area (Å²) < 4.78 is 0. The highest BCUT2D eigenvalue weighted by Gasteiger charge is 1.96. The summed E-state index contributed by atoms with van der Waals surface area (Å²) in [5.41, 5.74) is 2.61. The standard InChI is InChI=1S/C11H19/c1-6-7-10(4)8-11(5)9(2)3/h8-9H,1,5-7H2,2-4H3. The van der Waals surface area contributed by atoms with Gasteiger partial charge in [-0.25, -0.2) is 0 Å². The summed E-state index contributed by atoms with van der Waals surface area (Å²) in [4.78, 5) is 0. The molecule has 0 saturated heterocycles. The van der Waals surface area contributed by atoms with Gasteiger partial charge in [0.05, 0.1) is 0 Å². The lowest BCUT2D eigenvalue weighted by molar-refractivity contribution is 0.790. The van der Waals surface area contributed by atoms with Gasteiger partial charge in [0, 0.05) is 0 Å². The van der Waals surface area contributed by atoms with Crippen LogP contribution in [0.25, 0.3) is 0 Å². The van der Waals surface area contributed by atoms with Gasteiger partial charge >= 0.3 is 0 Å². The highest BCUT2D eigenvalue weighted by Crippen LogP contribution is 2.13. The normalized spacial score (nSPS) is 12.3. The third-order valence-corrected chi connectivity index (χ3v) is 1.74. The van der Waals surface area contributed by atoms with Crippen LogP contribution in [0.4, 0.5) is 0 Å². The molecule has 0 heterocycles. The van der Waals surface area contributed by atoms with Crippen LogP contribution in [-0.2, 0) is 0 Å². The molecule has 0 aromatic carbocycles. The van der Waals surface area contributed by atoms with Gasteiger partial charge in [-0.2, -0.15) is 0 Å². The minimum absolute atomic E-state index is 0.565. The van der Waals surface area contributed by atoms with Crippen LogP contribution in [-0.4, -0.2) is 0 Å². The Morgan fingerprint density at radius 1 is 1.45 bits per heavy atom. The number of hydrogen-bond donors (Lipinski definition) is 0. The molecule has 0 heteroatoms. The molecule has 0 saturated carbocycles. The van der Waals surface area contributed by atoms with Gasteiger partial charge < -0.3 is 0 Å². The van der Waals surface area contributed by atoms with E-state index in [0.29, 0.717) is 5.92 Å². The van der Waals surface area contributed by atoms with Crippen LogP contribution in [0.3, 0.4) is 0 Å². The van der Waals surface area contributed by atoms with Crippen molar-refractivity contribution in [3.63, 3.8) is 0 Å². The summed E-state index contributed by atoms with van der Waals surface area (Å²) in [6.07, 6.45) is 4.25. The molecule has 0 spiro atoms. The van der Waals surface area contributed by atoms with Crippen LogP contribution in [0.2, 0.25) is 0 Å².